The lowest BCUT2D eigenvalue weighted by molar-refractivity contribution is -0.137. The molecule has 7 heteroatoms. The summed E-state index contributed by atoms with van der Waals surface area (Å²) in [5.41, 5.74) is 0.986. The lowest BCUT2D eigenvalue weighted by atomic mass is 9.84. The van der Waals surface area contributed by atoms with E-state index in [-0.39, 0.29) is 35.9 Å². The molecule has 0 radical (unpaired) electrons. The number of phenolic OH excluding ortho intramolecular Hbond substituents is 1. The van der Waals surface area contributed by atoms with Crippen molar-refractivity contribution in [2.75, 3.05) is 13.2 Å². The fraction of sp³-hybridized carbons (Fsp3) is 0.609. The maximum atomic E-state index is 13.1. The molecule has 164 valence electrons. The van der Waals surface area contributed by atoms with E-state index in [9.17, 15) is 19.5 Å². The van der Waals surface area contributed by atoms with E-state index in [1.54, 1.807) is 13.0 Å². The lowest BCUT2D eigenvalue weighted by Gasteiger charge is -2.31. The predicted molar refractivity (Wildman–Crippen MR) is 112 cm³/mol. The third kappa shape index (κ3) is 5.59. The van der Waals surface area contributed by atoms with Crippen LogP contribution in [0.25, 0.3) is 0 Å². The number of aromatic hydroxyl groups is 1. The molecule has 0 aromatic heterocycles. The first-order valence-corrected chi connectivity index (χ1v) is 10.9. The average Bonchev–Trinajstić information content (AvgIpc) is 2.73. The van der Waals surface area contributed by atoms with Gasteiger partial charge in [-0.2, -0.15) is 0 Å². The van der Waals surface area contributed by atoms with E-state index in [1.807, 2.05) is 6.92 Å². The van der Waals surface area contributed by atoms with Crippen LogP contribution in [0, 0.1) is 18.8 Å². The molecule has 1 heterocycles. The molecule has 3 rings (SSSR count). The maximum absolute atomic E-state index is 13.1. The molecular weight excluding hydrogens is 384 g/mol. The van der Waals surface area contributed by atoms with Crippen LogP contribution in [-0.2, 0) is 14.3 Å². The molecule has 2 amide bonds. The highest BCUT2D eigenvalue weighted by atomic mass is 16.5. The topological polar surface area (TPSA) is 105 Å². The molecular formula is C23H32N2O5. The highest BCUT2D eigenvalue weighted by Gasteiger charge is 2.34. The highest BCUT2D eigenvalue weighted by Crippen LogP contribution is 2.28. The highest BCUT2D eigenvalue weighted by molar-refractivity contribution is 5.99. The molecule has 7 nitrogen and oxygen atoms in total. The van der Waals surface area contributed by atoms with Gasteiger partial charge in [0, 0.05) is 11.5 Å². The second-order valence-electron chi connectivity index (χ2n) is 8.71. The van der Waals surface area contributed by atoms with Crippen LogP contribution in [0.15, 0.2) is 18.2 Å². The van der Waals surface area contributed by atoms with Gasteiger partial charge in [0.2, 0.25) is 5.91 Å². The fourth-order valence-electron chi connectivity index (χ4n) is 4.35. The summed E-state index contributed by atoms with van der Waals surface area (Å²) in [5.74, 6) is -0.439. The SMILES string of the molecule is Cc1cc(C(=O)NC(CC2CCCCC2)C(=O)NC2C(=O)COCC2C)ccc1O. The van der Waals surface area contributed by atoms with E-state index >= 15 is 0 Å². The Labute approximate surface area is 177 Å². The first-order valence-electron chi connectivity index (χ1n) is 10.9. The first-order chi connectivity index (χ1) is 14.3. The van der Waals surface area contributed by atoms with Gasteiger partial charge >= 0.3 is 0 Å². The molecule has 2 aliphatic rings. The zero-order valence-corrected chi connectivity index (χ0v) is 17.8. The zero-order valence-electron chi connectivity index (χ0n) is 17.8. The first kappa shape index (κ1) is 22.3. The number of benzene rings is 1. The quantitative estimate of drug-likeness (QED) is 0.661. The molecule has 0 spiro atoms. The van der Waals surface area contributed by atoms with Crippen molar-refractivity contribution in [2.45, 2.75) is 64.5 Å². The number of amides is 2. The minimum atomic E-state index is -0.711. The van der Waals surface area contributed by atoms with Gasteiger partial charge in [-0.05, 0) is 43.0 Å². The van der Waals surface area contributed by atoms with E-state index in [0.717, 1.165) is 25.7 Å². The second kappa shape index (κ2) is 10.1. The summed E-state index contributed by atoms with van der Waals surface area (Å²) in [5, 5.41) is 15.4. The van der Waals surface area contributed by atoms with Gasteiger partial charge in [0.1, 0.15) is 18.4 Å². The molecule has 1 saturated carbocycles. The van der Waals surface area contributed by atoms with Gasteiger partial charge in [-0.3, -0.25) is 14.4 Å². The summed E-state index contributed by atoms with van der Waals surface area (Å²) in [6.45, 7) is 4.01. The van der Waals surface area contributed by atoms with Crippen molar-refractivity contribution >= 4 is 17.6 Å². The largest absolute Gasteiger partial charge is 0.508 e. The Morgan fingerprint density at radius 2 is 1.97 bits per heavy atom. The zero-order chi connectivity index (χ0) is 21.7. The van der Waals surface area contributed by atoms with Gasteiger partial charge in [0.15, 0.2) is 5.78 Å². The van der Waals surface area contributed by atoms with Crippen molar-refractivity contribution in [3.63, 3.8) is 0 Å². The smallest absolute Gasteiger partial charge is 0.251 e. The number of ketones is 1. The Morgan fingerprint density at radius 1 is 1.23 bits per heavy atom. The maximum Gasteiger partial charge on any atom is 0.251 e. The van der Waals surface area contributed by atoms with Gasteiger partial charge < -0.3 is 20.5 Å². The van der Waals surface area contributed by atoms with Gasteiger partial charge in [0.05, 0.1) is 12.6 Å². The fourth-order valence-corrected chi connectivity index (χ4v) is 4.35. The molecule has 0 bridgehead atoms. The number of ether oxygens (including phenoxy) is 1. The second-order valence-corrected chi connectivity index (χ2v) is 8.71. The van der Waals surface area contributed by atoms with Crippen LogP contribution in [0.5, 0.6) is 5.75 Å². The normalized spacial score (nSPS) is 23.6. The molecule has 3 atom stereocenters. The number of aryl methyl sites for hydroxylation is 1. The summed E-state index contributed by atoms with van der Waals surface area (Å²) < 4.78 is 5.24. The predicted octanol–water partition coefficient (Wildman–Crippen LogP) is 2.49. The van der Waals surface area contributed by atoms with Crippen molar-refractivity contribution < 1.29 is 24.2 Å². The van der Waals surface area contributed by atoms with Crippen LogP contribution in [0.2, 0.25) is 0 Å². The van der Waals surface area contributed by atoms with E-state index in [4.69, 9.17) is 4.74 Å². The number of rotatable bonds is 6. The third-order valence-electron chi connectivity index (χ3n) is 6.21. The lowest BCUT2D eigenvalue weighted by Crippen LogP contribution is -2.56. The van der Waals surface area contributed by atoms with E-state index in [0.29, 0.717) is 30.1 Å². The minimum absolute atomic E-state index is 0.00171. The van der Waals surface area contributed by atoms with Crippen LogP contribution in [0.3, 0.4) is 0 Å². The Bertz CT molecular complexity index is 788. The van der Waals surface area contributed by atoms with Gasteiger partial charge in [-0.1, -0.05) is 39.0 Å². The van der Waals surface area contributed by atoms with E-state index in [1.165, 1.54) is 18.6 Å². The summed E-state index contributed by atoms with van der Waals surface area (Å²) in [6.07, 6.45) is 6.13. The number of hydrogen-bond acceptors (Lipinski definition) is 5. The molecule has 30 heavy (non-hydrogen) atoms. The number of nitrogens with one attached hydrogen (secondary N) is 2. The van der Waals surface area contributed by atoms with Crippen LogP contribution in [-0.4, -0.2) is 48.0 Å². The Hall–Kier alpha value is -2.41. The van der Waals surface area contributed by atoms with Gasteiger partial charge in [-0.15, -0.1) is 0 Å². The van der Waals surface area contributed by atoms with Gasteiger partial charge in [-0.25, -0.2) is 0 Å². The molecule has 1 aromatic rings. The molecule has 1 aliphatic heterocycles. The number of carbonyl (C=O) groups excluding carboxylic acids is 3. The number of carbonyl (C=O) groups is 3. The van der Waals surface area contributed by atoms with Crippen LogP contribution in [0.1, 0.15) is 61.4 Å². The minimum Gasteiger partial charge on any atom is -0.508 e. The Kier molecular flexibility index (Phi) is 7.48. The number of phenols is 1. The molecule has 1 saturated heterocycles. The van der Waals surface area contributed by atoms with E-state index < -0.39 is 12.1 Å². The Balaban J connectivity index is 1.73. The standard InChI is InChI=1S/C23H32N2O5/c1-14-10-17(8-9-19(14)26)22(28)24-18(11-16-6-4-3-5-7-16)23(29)25-21-15(2)12-30-13-20(21)27/h8-10,15-16,18,21,26H,3-7,11-13H2,1-2H3,(H,24,28)(H,25,29). The van der Waals surface area contributed by atoms with Gasteiger partial charge in [0.25, 0.3) is 5.91 Å². The van der Waals surface area contributed by atoms with E-state index in [2.05, 4.69) is 10.6 Å². The van der Waals surface area contributed by atoms with Crippen molar-refractivity contribution in [3.05, 3.63) is 29.3 Å². The number of hydrogen-bond donors (Lipinski definition) is 3. The van der Waals surface area contributed by atoms with Crippen molar-refractivity contribution in [1.82, 2.24) is 10.6 Å². The van der Waals surface area contributed by atoms with Crippen LogP contribution in [0.4, 0.5) is 0 Å². The summed E-state index contributed by atoms with van der Waals surface area (Å²) in [6, 6.07) is 3.32. The van der Waals surface area contributed by atoms with Crippen LogP contribution >= 0.6 is 0 Å². The number of Topliss-reactive ketones (excluding diaryl/α,β-unsaturated/α-hetero) is 1. The summed E-state index contributed by atoms with van der Waals surface area (Å²) >= 11 is 0. The van der Waals surface area contributed by atoms with Crippen molar-refractivity contribution in [2.24, 2.45) is 11.8 Å². The van der Waals surface area contributed by atoms with Crippen LogP contribution < -0.4 is 10.6 Å². The summed E-state index contributed by atoms with van der Waals surface area (Å²) in [4.78, 5) is 38.1. The third-order valence-corrected chi connectivity index (χ3v) is 6.21. The molecule has 1 aliphatic carbocycles. The molecule has 2 fully saturated rings. The molecule has 3 N–H and O–H groups in total. The summed E-state index contributed by atoms with van der Waals surface area (Å²) in [7, 11) is 0. The van der Waals surface area contributed by atoms with Crippen molar-refractivity contribution in [1.29, 1.82) is 0 Å². The molecule has 3 unspecified atom stereocenters. The van der Waals surface area contributed by atoms with Crippen molar-refractivity contribution in [3.8, 4) is 5.75 Å². The average molecular weight is 417 g/mol. The molecule has 1 aromatic carbocycles. The monoisotopic (exact) mass is 416 g/mol. The Morgan fingerprint density at radius 3 is 2.63 bits per heavy atom.